The molecule has 0 unspecified atom stereocenters. The van der Waals surface area contributed by atoms with E-state index in [1.807, 2.05) is 26.0 Å². The Bertz CT molecular complexity index is 819. The van der Waals surface area contributed by atoms with Gasteiger partial charge in [-0.1, -0.05) is 37.5 Å². The first-order valence-corrected chi connectivity index (χ1v) is 9.60. The number of esters is 2. The molecular formula is C23H26O4. The van der Waals surface area contributed by atoms with Crippen molar-refractivity contribution in [3.05, 3.63) is 64.7 Å². The molecule has 3 rings (SSSR count). The third-order valence-corrected chi connectivity index (χ3v) is 5.23. The monoisotopic (exact) mass is 366 g/mol. The van der Waals surface area contributed by atoms with Crippen LogP contribution in [-0.2, 0) is 4.74 Å². The fraction of sp³-hybridized carbons (Fsp3) is 0.391. The first-order valence-electron chi connectivity index (χ1n) is 9.60. The molecule has 0 N–H and O–H groups in total. The molecule has 0 spiro atoms. The minimum atomic E-state index is -0.552. The summed E-state index contributed by atoms with van der Waals surface area (Å²) in [6.07, 6.45) is 5.85. The highest BCUT2D eigenvalue weighted by atomic mass is 16.5. The Morgan fingerprint density at radius 1 is 0.889 bits per heavy atom. The molecule has 1 aliphatic carbocycles. The van der Waals surface area contributed by atoms with Gasteiger partial charge in [-0.05, 0) is 68.0 Å². The number of aryl methyl sites for hydroxylation is 2. The Kier molecular flexibility index (Phi) is 6.28. The van der Waals surface area contributed by atoms with E-state index in [2.05, 4.69) is 0 Å². The van der Waals surface area contributed by atoms with Crippen LogP contribution in [0.4, 0.5) is 0 Å². The third-order valence-electron chi connectivity index (χ3n) is 5.23. The van der Waals surface area contributed by atoms with E-state index in [9.17, 15) is 9.59 Å². The molecule has 0 atom stereocenters. The van der Waals surface area contributed by atoms with Crippen molar-refractivity contribution < 1.29 is 19.1 Å². The first-order chi connectivity index (χ1) is 13.0. The molecule has 0 saturated heterocycles. The van der Waals surface area contributed by atoms with Gasteiger partial charge in [0.05, 0.1) is 17.7 Å². The van der Waals surface area contributed by atoms with Crippen LogP contribution in [-0.4, -0.2) is 18.5 Å². The maximum atomic E-state index is 12.6. The number of ether oxygens (including phenoxy) is 2. The largest absolute Gasteiger partial charge is 0.462 e. The van der Waals surface area contributed by atoms with Crippen molar-refractivity contribution in [1.29, 1.82) is 0 Å². The van der Waals surface area contributed by atoms with Crippen LogP contribution in [0.15, 0.2) is 42.5 Å². The molecule has 1 saturated carbocycles. The fourth-order valence-electron chi connectivity index (χ4n) is 3.40. The van der Waals surface area contributed by atoms with E-state index >= 15 is 0 Å². The maximum Gasteiger partial charge on any atom is 0.344 e. The molecule has 0 bridgehead atoms. The van der Waals surface area contributed by atoms with Crippen LogP contribution >= 0.6 is 0 Å². The van der Waals surface area contributed by atoms with E-state index in [-0.39, 0.29) is 11.1 Å². The highest BCUT2D eigenvalue weighted by Gasteiger charge is 2.21. The summed E-state index contributed by atoms with van der Waals surface area (Å²) in [7, 11) is 0. The lowest BCUT2D eigenvalue weighted by Gasteiger charge is -2.21. The van der Waals surface area contributed by atoms with Crippen LogP contribution in [0.3, 0.4) is 0 Å². The number of carbonyl (C=O) groups is 2. The van der Waals surface area contributed by atoms with E-state index in [4.69, 9.17) is 9.47 Å². The molecule has 0 radical (unpaired) electrons. The molecule has 0 aromatic heterocycles. The average Bonchev–Trinajstić information content (AvgIpc) is 2.69. The van der Waals surface area contributed by atoms with Crippen LogP contribution in [0.5, 0.6) is 5.75 Å². The number of hydrogen-bond donors (Lipinski definition) is 0. The zero-order valence-corrected chi connectivity index (χ0v) is 16.0. The predicted octanol–water partition coefficient (Wildman–Crippen LogP) is 5.26. The van der Waals surface area contributed by atoms with Gasteiger partial charge in [0.25, 0.3) is 0 Å². The fourth-order valence-corrected chi connectivity index (χ4v) is 3.40. The number of hydrogen-bond acceptors (Lipinski definition) is 4. The topological polar surface area (TPSA) is 52.6 Å². The van der Waals surface area contributed by atoms with Gasteiger partial charge in [-0.3, -0.25) is 0 Å². The Morgan fingerprint density at radius 2 is 1.56 bits per heavy atom. The zero-order chi connectivity index (χ0) is 19.2. The molecule has 27 heavy (non-hydrogen) atoms. The van der Waals surface area contributed by atoms with Crippen LogP contribution < -0.4 is 4.74 Å². The van der Waals surface area contributed by atoms with E-state index in [1.54, 1.807) is 30.3 Å². The minimum absolute atomic E-state index is 0.226. The summed E-state index contributed by atoms with van der Waals surface area (Å²) in [6.45, 7) is 4.38. The van der Waals surface area contributed by atoms with E-state index in [0.717, 1.165) is 24.0 Å². The molecule has 0 aliphatic heterocycles. The highest BCUT2D eigenvalue weighted by Crippen LogP contribution is 2.24. The molecule has 4 heteroatoms. The van der Waals surface area contributed by atoms with E-state index in [1.165, 1.54) is 19.3 Å². The summed E-state index contributed by atoms with van der Waals surface area (Å²) < 4.78 is 11.0. The van der Waals surface area contributed by atoms with Gasteiger partial charge in [-0.15, -0.1) is 0 Å². The summed E-state index contributed by atoms with van der Waals surface area (Å²) in [4.78, 5) is 25.1. The van der Waals surface area contributed by atoms with Crippen LogP contribution in [0.25, 0.3) is 0 Å². The van der Waals surface area contributed by atoms with Crippen molar-refractivity contribution >= 4 is 11.9 Å². The second-order valence-electron chi connectivity index (χ2n) is 7.28. The lowest BCUT2D eigenvalue weighted by Crippen LogP contribution is -2.19. The second kappa shape index (κ2) is 8.85. The smallest absolute Gasteiger partial charge is 0.344 e. The van der Waals surface area contributed by atoms with Crippen molar-refractivity contribution in [3.8, 4) is 5.75 Å². The summed E-state index contributed by atoms with van der Waals surface area (Å²) in [5.74, 6) is -0.123. The Hall–Kier alpha value is -2.62. The SMILES string of the molecule is Cc1ccc(OC(=O)c2ccccc2C(=O)OCC2CCCCC2)cc1C. The molecule has 4 nitrogen and oxygen atoms in total. The lowest BCUT2D eigenvalue weighted by molar-refractivity contribution is 0.0404. The molecule has 2 aromatic rings. The van der Waals surface area contributed by atoms with Gasteiger partial charge >= 0.3 is 11.9 Å². The van der Waals surface area contributed by atoms with Crippen molar-refractivity contribution in [2.75, 3.05) is 6.61 Å². The van der Waals surface area contributed by atoms with Gasteiger partial charge in [-0.25, -0.2) is 9.59 Å². The zero-order valence-electron chi connectivity index (χ0n) is 16.0. The van der Waals surface area contributed by atoms with Crippen LogP contribution in [0.1, 0.15) is 63.9 Å². The Morgan fingerprint density at radius 3 is 2.22 bits per heavy atom. The molecular weight excluding hydrogens is 340 g/mol. The van der Waals surface area contributed by atoms with Crippen LogP contribution in [0.2, 0.25) is 0 Å². The van der Waals surface area contributed by atoms with Gasteiger partial charge < -0.3 is 9.47 Å². The predicted molar refractivity (Wildman–Crippen MR) is 104 cm³/mol. The van der Waals surface area contributed by atoms with Gasteiger partial charge in [0.15, 0.2) is 0 Å². The Balaban J connectivity index is 1.69. The van der Waals surface area contributed by atoms with Gasteiger partial charge in [0.2, 0.25) is 0 Å². The number of benzene rings is 2. The van der Waals surface area contributed by atoms with Gasteiger partial charge in [0, 0.05) is 0 Å². The van der Waals surface area contributed by atoms with Crippen molar-refractivity contribution in [3.63, 3.8) is 0 Å². The number of rotatable bonds is 5. The van der Waals surface area contributed by atoms with Gasteiger partial charge in [-0.2, -0.15) is 0 Å². The summed E-state index contributed by atoms with van der Waals surface area (Å²) >= 11 is 0. The van der Waals surface area contributed by atoms with Crippen LogP contribution in [0, 0.1) is 19.8 Å². The van der Waals surface area contributed by atoms with Crippen molar-refractivity contribution in [2.45, 2.75) is 46.0 Å². The minimum Gasteiger partial charge on any atom is -0.462 e. The first kappa shape index (κ1) is 19.2. The maximum absolute atomic E-state index is 12.6. The van der Waals surface area contributed by atoms with Crippen molar-refractivity contribution in [2.24, 2.45) is 5.92 Å². The standard InChI is InChI=1S/C23H26O4/c1-16-12-13-19(14-17(16)2)27-23(25)21-11-7-6-10-20(21)22(24)26-15-18-8-4-3-5-9-18/h6-7,10-14,18H,3-5,8-9,15H2,1-2H3. The third kappa shape index (κ3) is 4.97. The molecule has 1 aliphatic rings. The second-order valence-corrected chi connectivity index (χ2v) is 7.28. The lowest BCUT2D eigenvalue weighted by atomic mass is 9.90. The molecule has 142 valence electrons. The molecule has 0 heterocycles. The molecule has 1 fully saturated rings. The van der Waals surface area contributed by atoms with Gasteiger partial charge in [0.1, 0.15) is 5.75 Å². The highest BCUT2D eigenvalue weighted by molar-refractivity contribution is 6.03. The summed E-state index contributed by atoms with van der Waals surface area (Å²) in [5, 5.41) is 0. The summed E-state index contributed by atoms with van der Waals surface area (Å²) in [5.41, 5.74) is 2.65. The molecule has 2 aromatic carbocycles. The molecule has 0 amide bonds. The normalized spacial score (nSPS) is 14.6. The quantitative estimate of drug-likeness (QED) is 0.535. The van der Waals surface area contributed by atoms with E-state index in [0.29, 0.717) is 18.3 Å². The van der Waals surface area contributed by atoms with Crippen molar-refractivity contribution in [1.82, 2.24) is 0 Å². The number of carbonyl (C=O) groups excluding carboxylic acids is 2. The summed E-state index contributed by atoms with van der Waals surface area (Å²) in [6, 6.07) is 12.1. The average molecular weight is 366 g/mol. The Labute approximate surface area is 160 Å². The van der Waals surface area contributed by atoms with E-state index < -0.39 is 11.9 Å².